The lowest BCUT2D eigenvalue weighted by Crippen LogP contribution is -1.78. The molecule has 0 radical (unpaired) electrons. The van der Waals surface area contributed by atoms with E-state index in [-0.39, 0.29) is 0 Å². The van der Waals surface area contributed by atoms with Crippen LogP contribution < -0.4 is 0 Å². The van der Waals surface area contributed by atoms with Crippen molar-refractivity contribution in [2.75, 3.05) is 0 Å². The van der Waals surface area contributed by atoms with E-state index in [9.17, 15) is 0 Å². The standard InChI is InChI=1S/C11H8BrClO/c1-7-5-6-10(14-7)11-8(12)3-2-4-9(11)13/h2-6H,1H3. The largest absolute Gasteiger partial charge is 0.461 e. The summed E-state index contributed by atoms with van der Waals surface area (Å²) in [6.07, 6.45) is 0. The van der Waals surface area contributed by atoms with E-state index in [1.807, 2.05) is 37.3 Å². The van der Waals surface area contributed by atoms with Crippen LogP contribution in [0.3, 0.4) is 0 Å². The summed E-state index contributed by atoms with van der Waals surface area (Å²) in [4.78, 5) is 0. The summed E-state index contributed by atoms with van der Waals surface area (Å²) >= 11 is 9.53. The van der Waals surface area contributed by atoms with Crippen molar-refractivity contribution in [1.82, 2.24) is 0 Å². The minimum absolute atomic E-state index is 0.689. The molecule has 0 atom stereocenters. The van der Waals surface area contributed by atoms with E-state index in [0.29, 0.717) is 5.02 Å². The molecule has 1 aromatic carbocycles. The van der Waals surface area contributed by atoms with Crippen molar-refractivity contribution in [2.24, 2.45) is 0 Å². The topological polar surface area (TPSA) is 13.1 Å². The maximum absolute atomic E-state index is 6.08. The molecule has 0 bridgehead atoms. The van der Waals surface area contributed by atoms with Crippen LogP contribution in [0.2, 0.25) is 5.02 Å². The Morgan fingerprint density at radius 1 is 1.21 bits per heavy atom. The summed E-state index contributed by atoms with van der Waals surface area (Å²) in [6, 6.07) is 9.52. The van der Waals surface area contributed by atoms with Gasteiger partial charge >= 0.3 is 0 Å². The second kappa shape index (κ2) is 3.79. The Kier molecular flexibility index (Phi) is 2.66. The summed E-state index contributed by atoms with van der Waals surface area (Å²) < 4.78 is 6.46. The minimum atomic E-state index is 0.689. The predicted octanol–water partition coefficient (Wildman–Crippen LogP) is 4.67. The van der Waals surface area contributed by atoms with Crippen LogP contribution in [0.1, 0.15) is 5.76 Å². The first-order valence-corrected chi connectivity index (χ1v) is 5.36. The predicted molar refractivity (Wildman–Crippen MR) is 61.6 cm³/mol. The Hall–Kier alpha value is -0.730. The van der Waals surface area contributed by atoms with E-state index in [1.54, 1.807) is 0 Å². The molecule has 1 aromatic heterocycles. The highest BCUT2D eigenvalue weighted by Crippen LogP contribution is 2.35. The monoisotopic (exact) mass is 270 g/mol. The van der Waals surface area contributed by atoms with Gasteiger partial charge < -0.3 is 4.42 Å². The molecule has 3 heteroatoms. The molecule has 0 aliphatic heterocycles. The second-order valence-electron chi connectivity index (χ2n) is 3.01. The van der Waals surface area contributed by atoms with E-state index in [2.05, 4.69) is 15.9 Å². The molecule has 0 aliphatic carbocycles. The SMILES string of the molecule is Cc1ccc(-c2c(Cl)cccc2Br)o1. The van der Waals surface area contributed by atoms with Crippen molar-refractivity contribution in [2.45, 2.75) is 6.92 Å². The lowest BCUT2D eigenvalue weighted by atomic mass is 10.2. The average molecular weight is 272 g/mol. The number of furan rings is 1. The molecule has 0 N–H and O–H groups in total. The molecule has 2 rings (SSSR count). The van der Waals surface area contributed by atoms with Gasteiger partial charge in [-0.3, -0.25) is 0 Å². The number of benzene rings is 1. The smallest absolute Gasteiger partial charge is 0.136 e. The van der Waals surface area contributed by atoms with E-state index < -0.39 is 0 Å². The van der Waals surface area contributed by atoms with Gasteiger partial charge in [-0.2, -0.15) is 0 Å². The zero-order valence-corrected chi connectivity index (χ0v) is 9.89. The molecule has 1 heterocycles. The van der Waals surface area contributed by atoms with Gasteiger partial charge in [0.2, 0.25) is 0 Å². The molecule has 0 unspecified atom stereocenters. The molecule has 14 heavy (non-hydrogen) atoms. The first kappa shape index (κ1) is 9.81. The highest BCUT2D eigenvalue weighted by atomic mass is 79.9. The van der Waals surface area contributed by atoms with Gasteiger partial charge in [0, 0.05) is 4.47 Å². The molecule has 0 saturated heterocycles. The van der Waals surface area contributed by atoms with E-state index in [1.165, 1.54) is 0 Å². The highest BCUT2D eigenvalue weighted by Gasteiger charge is 2.10. The Labute approximate surface area is 95.8 Å². The van der Waals surface area contributed by atoms with Crippen molar-refractivity contribution < 1.29 is 4.42 Å². The van der Waals surface area contributed by atoms with Crippen LogP contribution in [-0.2, 0) is 0 Å². The van der Waals surface area contributed by atoms with Crippen LogP contribution in [0.15, 0.2) is 39.2 Å². The quantitative estimate of drug-likeness (QED) is 0.734. The Balaban J connectivity index is 2.61. The number of rotatable bonds is 1. The second-order valence-corrected chi connectivity index (χ2v) is 4.27. The third kappa shape index (κ3) is 1.72. The summed E-state index contributed by atoms with van der Waals surface area (Å²) in [7, 11) is 0. The Morgan fingerprint density at radius 2 is 2.00 bits per heavy atom. The summed E-state index contributed by atoms with van der Waals surface area (Å²) in [5.41, 5.74) is 0.905. The third-order valence-electron chi connectivity index (χ3n) is 1.95. The molecule has 0 aliphatic rings. The highest BCUT2D eigenvalue weighted by molar-refractivity contribution is 9.10. The number of halogens is 2. The first-order valence-electron chi connectivity index (χ1n) is 4.19. The van der Waals surface area contributed by atoms with Gasteiger partial charge in [-0.25, -0.2) is 0 Å². The molecule has 1 nitrogen and oxygen atoms in total. The van der Waals surface area contributed by atoms with Crippen LogP contribution in [0, 0.1) is 6.92 Å². The van der Waals surface area contributed by atoms with E-state index in [0.717, 1.165) is 21.6 Å². The van der Waals surface area contributed by atoms with Gasteiger partial charge in [-0.05, 0) is 47.1 Å². The number of aryl methyl sites for hydroxylation is 1. The molecule has 0 spiro atoms. The molecule has 2 aromatic rings. The van der Waals surface area contributed by atoms with E-state index in [4.69, 9.17) is 16.0 Å². The minimum Gasteiger partial charge on any atom is -0.461 e. The van der Waals surface area contributed by atoms with Crippen LogP contribution in [0.25, 0.3) is 11.3 Å². The van der Waals surface area contributed by atoms with Gasteiger partial charge in [0.05, 0.1) is 10.6 Å². The Bertz CT molecular complexity index is 442. The average Bonchev–Trinajstić information content (AvgIpc) is 2.51. The third-order valence-corrected chi connectivity index (χ3v) is 2.93. The first-order chi connectivity index (χ1) is 6.68. The normalized spacial score (nSPS) is 10.5. The Morgan fingerprint density at radius 3 is 2.57 bits per heavy atom. The van der Waals surface area contributed by atoms with Crippen LogP contribution in [-0.4, -0.2) is 0 Å². The fraction of sp³-hybridized carbons (Fsp3) is 0.0909. The van der Waals surface area contributed by atoms with Gasteiger partial charge in [-0.1, -0.05) is 17.7 Å². The van der Waals surface area contributed by atoms with Crippen molar-refractivity contribution >= 4 is 27.5 Å². The zero-order chi connectivity index (χ0) is 10.1. The van der Waals surface area contributed by atoms with Crippen molar-refractivity contribution in [3.63, 3.8) is 0 Å². The molecular weight excluding hydrogens is 263 g/mol. The van der Waals surface area contributed by atoms with E-state index >= 15 is 0 Å². The fourth-order valence-electron chi connectivity index (χ4n) is 1.30. The maximum Gasteiger partial charge on any atom is 0.136 e. The van der Waals surface area contributed by atoms with Crippen molar-refractivity contribution in [3.8, 4) is 11.3 Å². The van der Waals surface area contributed by atoms with Gasteiger partial charge in [0.15, 0.2) is 0 Å². The number of hydrogen-bond donors (Lipinski definition) is 0. The van der Waals surface area contributed by atoms with Crippen LogP contribution >= 0.6 is 27.5 Å². The van der Waals surface area contributed by atoms with Gasteiger partial charge in [0.25, 0.3) is 0 Å². The van der Waals surface area contributed by atoms with Gasteiger partial charge in [-0.15, -0.1) is 0 Å². The molecule has 0 amide bonds. The summed E-state index contributed by atoms with van der Waals surface area (Å²) in [5, 5.41) is 0.689. The lowest BCUT2D eigenvalue weighted by Gasteiger charge is -2.02. The molecule has 72 valence electrons. The zero-order valence-electron chi connectivity index (χ0n) is 7.55. The summed E-state index contributed by atoms with van der Waals surface area (Å²) in [5.74, 6) is 1.67. The lowest BCUT2D eigenvalue weighted by molar-refractivity contribution is 0.548. The van der Waals surface area contributed by atoms with Crippen molar-refractivity contribution in [3.05, 3.63) is 45.6 Å². The summed E-state index contributed by atoms with van der Waals surface area (Å²) in [6.45, 7) is 1.91. The van der Waals surface area contributed by atoms with Gasteiger partial charge in [0.1, 0.15) is 11.5 Å². The van der Waals surface area contributed by atoms with Crippen LogP contribution in [0.5, 0.6) is 0 Å². The fourth-order valence-corrected chi connectivity index (χ4v) is 2.25. The number of hydrogen-bond acceptors (Lipinski definition) is 1. The molecular formula is C11H8BrClO. The molecule has 0 fully saturated rings. The van der Waals surface area contributed by atoms with Crippen LogP contribution in [0.4, 0.5) is 0 Å². The maximum atomic E-state index is 6.08. The molecule has 0 saturated carbocycles. The van der Waals surface area contributed by atoms with Crippen molar-refractivity contribution in [1.29, 1.82) is 0 Å².